The normalized spacial score (nSPS) is 22.5. The summed E-state index contributed by atoms with van der Waals surface area (Å²) in [6, 6.07) is 0. The summed E-state index contributed by atoms with van der Waals surface area (Å²) < 4.78 is 6.45. The standard InChI is InChI=1S/C22H40O2/c1-5-12-20(17(2)3)21(23)24-22(4,18-13-8-6-9-14-18)19-15-10-7-11-16-19/h17-20H,5-16H2,1-4H3. The Kier molecular flexibility index (Phi) is 7.62. The Hall–Kier alpha value is -0.530. The number of carbonyl (C=O) groups is 1. The molecule has 2 nitrogen and oxygen atoms in total. The van der Waals surface area contributed by atoms with Gasteiger partial charge in [-0.2, -0.15) is 0 Å². The Bertz CT molecular complexity index is 357. The third-order valence-electron chi connectivity index (χ3n) is 6.86. The minimum Gasteiger partial charge on any atom is -0.459 e. The van der Waals surface area contributed by atoms with Crippen molar-refractivity contribution in [1.82, 2.24) is 0 Å². The van der Waals surface area contributed by atoms with Gasteiger partial charge in [0, 0.05) is 0 Å². The molecular formula is C22H40O2. The van der Waals surface area contributed by atoms with Crippen molar-refractivity contribution in [3.8, 4) is 0 Å². The van der Waals surface area contributed by atoms with Gasteiger partial charge in [0.2, 0.25) is 0 Å². The van der Waals surface area contributed by atoms with E-state index in [0.29, 0.717) is 17.8 Å². The van der Waals surface area contributed by atoms with Gasteiger partial charge in [-0.1, -0.05) is 65.7 Å². The summed E-state index contributed by atoms with van der Waals surface area (Å²) >= 11 is 0. The molecule has 2 fully saturated rings. The van der Waals surface area contributed by atoms with Crippen LogP contribution < -0.4 is 0 Å². The fraction of sp³-hybridized carbons (Fsp3) is 0.955. The van der Waals surface area contributed by atoms with Crippen LogP contribution in [0.15, 0.2) is 0 Å². The average molecular weight is 337 g/mol. The molecule has 0 bridgehead atoms. The van der Waals surface area contributed by atoms with Gasteiger partial charge in [-0.05, 0) is 56.8 Å². The van der Waals surface area contributed by atoms with E-state index < -0.39 is 0 Å². The monoisotopic (exact) mass is 336 g/mol. The first-order chi connectivity index (χ1) is 11.5. The second-order valence-electron chi connectivity index (χ2n) is 8.91. The van der Waals surface area contributed by atoms with Crippen molar-refractivity contribution >= 4 is 5.97 Å². The van der Waals surface area contributed by atoms with Gasteiger partial charge in [0.15, 0.2) is 0 Å². The topological polar surface area (TPSA) is 26.3 Å². The van der Waals surface area contributed by atoms with E-state index in [2.05, 4.69) is 27.7 Å². The summed E-state index contributed by atoms with van der Waals surface area (Å²) in [6.07, 6.45) is 15.0. The third kappa shape index (κ3) is 4.76. The molecule has 0 N–H and O–H groups in total. The molecule has 0 saturated heterocycles. The molecule has 140 valence electrons. The van der Waals surface area contributed by atoms with Crippen molar-refractivity contribution in [1.29, 1.82) is 0 Å². The van der Waals surface area contributed by atoms with Gasteiger partial charge in [-0.3, -0.25) is 4.79 Å². The lowest BCUT2D eigenvalue weighted by Crippen LogP contribution is -2.49. The van der Waals surface area contributed by atoms with Crippen LogP contribution in [-0.2, 0) is 9.53 Å². The lowest BCUT2D eigenvalue weighted by Gasteiger charge is -2.46. The average Bonchev–Trinajstić information content (AvgIpc) is 2.60. The minimum absolute atomic E-state index is 0.0708. The Morgan fingerprint density at radius 1 is 0.958 bits per heavy atom. The van der Waals surface area contributed by atoms with E-state index in [-0.39, 0.29) is 17.5 Å². The predicted molar refractivity (Wildman–Crippen MR) is 101 cm³/mol. The predicted octanol–water partition coefficient (Wildman–Crippen LogP) is 6.52. The summed E-state index contributed by atoms with van der Waals surface area (Å²) in [5, 5.41) is 0. The Morgan fingerprint density at radius 2 is 1.42 bits per heavy atom. The van der Waals surface area contributed by atoms with Crippen LogP contribution in [-0.4, -0.2) is 11.6 Å². The fourth-order valence-corrected chi connectivity index (χ4v) is 5.18. The second-order valence-corrected chi connectivity index (χ2v) is 8.91. The maximum atomic E-state index is 13.1. The first-order valence-electron chi connectivity index (χ1n) is 10.7. The molecule has 2 heteroatoms. The number of hydrogen-bond donors (Lipinski definition) is 0. The van der Waals surface area contributed by atoms with Crippen LogP contribution in [0.4, 0.5) is 0 Å². The lowest BCUT2D eigenvalue weighted by molar-refractivity contribution is -0.183. The van der Waals surface area contributed by atoms with Crippen LogP contribution in [0.5, 0.6) is 0 Å². The number of ether oxygens (including phenoxy) is 1. The molecule has 2 aliphatic rings. The van der Waals surface area contributed by atoms with Crippen LogP contribution in [0.3, 0.4) is 0 Å². The van der Waals surface area contributed by atoms with E-state index in [1.54, 1.807) is 0 Å². The van der Waals surface area contributed by atoms with E-state index >= 15 is 0 Å². The molecule has 0 radical (unpaired) electrons. The molecule has 0 aromatic rings. The highest BCUT2D eigenvalue weighted by Crippen LogP contribution is 2.45. The molecule has 0 spiro atoms. The molecule has 24 heavy (non-hydrogen) atoms. The van der Waals surface area contributed by atoms with E-state index in [0.717, 1.165) is 12.8 Å². The van der Waals surface area contributed by atoms with Gasteiger partial charge < -0.3 is 4.74 Å². The van der Waals surface area contributed by atoms with Crippen molar-refractivity contribution in [2.24, 2.45) is 23.7 Å². The highest BCUT2D eigenvalue weighted by atomic mass is 16.6. The number of rotatable bonds is 7. The zero-order chi connectivity index (χ0) is 17.6. The van der Waals surface area contributed by atoms with Gasteiger partial charge in [-0.15, -0.1) is 0 Å². The maximum Gasteiger partial charge on any atom is 0.309 e. The smallest absolute Gasteiger partial charge is 0.309 e. The van der Waals surface area contributed by atoms with Gasteiger partial charge in [0.25, 0.3) is 0 Å². The van der Waals surface area contributed by atoms with Crippen LogP contribution in [0.1, 0.15) is 105 Å². The van der Waals surface area contributed by atoms with Gasteiger partial charge in [0.05, 0.1) is 5.92 Å². The highest BCUT2D eigenvalue weighted by Gasteiger charge is 2.46. The van der Waals surface area contributed by atoms with Crippen molar-refractivity contribution in [3.05, 3.63) is 0 Å². The highest BCUT2D eigenvalue weighted by molar-refractivity contribution is 5.73. The van der Waals surface area contributed by atoms with Crippen LogP contribution in [0.25, 0.3) is 0 Å². The van der Waals surface area contributed by atoms with E-state index in [1.807, 2.05) is 0 Å². The number of carbonyl (C=O) groups excluding carboxylic acids is 1. The Balaban J connectivity index is 2.16. The lowest BCUT2D eigenvalue weighted by atomic mass is 9.67. The van der Waals surface area contributed by atoms with Crippen molar-refractivity contribution in [3.63, 3.8) is 0 Å². The zero-order valence-corrected chi connectivity index (χ0v) is 16.6. The Morgan fingerprint density at radius 3 is 1.79 bits per heavy atom. The first-order valence-corrected chi connectivity index (χ1v) is 10.7. The van der Waals surface area contributed by atoms with E-state index in [4.69, 9.17) is 4.74 Å². The number of hydrogen-bond acceptors (Lipinski definition) is 2. The van der Waals surface area contributed by atoms with Gasteiger partial charge in [0.1, 0.15) is 5.60 Å². The van der Waals surface area contributed by atoms with E-state index in [9.17, 15) is 4.79 Å². The van der Waals surface area contributed by atoms with Crippen LogP contribution >= 0.6 is 0 Å². The Labute approximate surface area is 150 Å². The van der Waals surface area contributed by atoms with Gasteiger partial charge in [-0.25, -0.2) is 0 Å². The summed E-state index contributed by atoms with van der Waals surface area (Å²) in [5.74, 6) is 1.69. The molecule has 0 aliphatic heterocycles. The molecule has 1 atom stereocenters. The molecule has 0 heterocycles. The number of esters is 1. The first kappa shape index (κ1) is 19.8. The SMILES string of the molecule is CCCC(C(=O)OC(C)(C1CCCCC1)C1CCCCC1)C(C)C. The molecule has 2 rings (SSSR count). The van der Waals surface area contributed by atoms with Gasteiger partial charge >= 0.3 is 5.97 Å². The molecular weight excluding hydrogens is 296 g/mol. The molecule has 2 saturated carbocycles. The second kappa shape index (κ2) is 9.25. The molecule has 0 aromatic carbocycles. The molecule has 1 unspecified atom stereocenters. The largest absolute Gasteiger partial charge is 0.459 e. The van der Waals surface area contributed by atoms with Crippen molar-refractivity contribution in [2.75, 3.05) is 0 Å². The maximum absolute atomic E-state index is 13.1. The summed E-state index contributed by atoms with van der Waals surface area (Å²) in [7, 11) is 0. The molecule has 2 aliphatic carbocycles. The molecule has 0 aromatic heterocycles. The van der Waals surface area contributed by atoms with Crippen LogP contribution in [0, 0.1) is 23.7 Å². The van der Waals surface area contributed by atoms with Crippen molar-refractivity contribution < 1.29 is 9.53 Å². The minimum atomic E-state index is -0.223. The third-order valence-corrected chi connectivity index (χ3v) is 6.86. The summed E-state index contributed by atoms with van der Waals surface area (Å²) in [4.78, 5) is 13.1. The molecule has 0 amide bonds. The summed E-state index contributed by atoms with van der Waals surface area (Å²) in [5.41, 5.74) is -0.223. The quantitative estimate of drug-likeness (QED) is 0.495. The van der Waals surface area contributed by atoms with Crippen molar-refractivity contribution in [2.45, 2.75) is 110 Å². The van der Waals surface area contributed by atoms with Crippen LogP contribution in [0.2, 0.25) is 0 Å². The van der Waals surface area contributed by atoms with E-state index in [1.165, 1.54) is 64.2 Å². The fourth-order valence-electron chi connectivity index (χ4n) is 5.18. The zero-order valence-electron chi connectivity index (χ0n) is 16.6. The summed E-state index contributed by atoms with van der Waals surface area (Å²) in [6.45, 7) is 8.80.